The Kier molecular flexibility index (Phi) is 5.50. The van der Waals surface area contributed by atoms with Crippen LogP contribution < -0.4 is 15.6 Å². The van der Waals surface area contributed by atoms with Gasteiger partial charge in [-0.1, -0.05) is 48.0 Å². The third kappa shape index (κ3) is 3.90. The summed E-state index contributed by atoms with van der Waals surface area (Å²) in [5.74, 6) is 0.596. The molecular weight excluding hydrogens is 402 g/mol. The third-order valence-corrected chi connectivity index (χ3v) is 4.78. The van der Waals surface area contributed by atoms with E-state index in [0.717, 1.165) is 0 Å². The van der Waals surface area contributed by atoms with Crippen LogP contribution in [0.25, 0.3) is 10.8 Å². The molecule has 150 valence electrons. The number of aryl methyl sites for hydroxylation is 1. The first-order valence-electron chi connectivity index (χ1n) is 9.40. The van der Waals surface area contributed by atoms with Gasteiger partial charge in [0.15, 0.2) is 11.4 Å². The van der Waals surface area contributed by atoms with Crippen molar-refractivity contribution in [3.63, 3.8) is 0 Å². The number of carbonyl (C=O) groups is 1. The van der Waals surface area contributed by atoms with Crippen molar-refractivity contribution in [3.05, 3.63) is 93.9 Å². The summed E-state index contributed by atoms with van der Waals surface area (Å²) >= 11 is 6.14. The largest absolute Gasteiger partial charge is 0.455 e. The maximum Gasteiger partial charge on any atom is 0.276 e. The van der Waals surface area contributed by atoms with Crippen molar-refractivity contribution in [2.45, 2.75) is 13.5 Å². The second kappa shape index (κ2) is 8.39. The van der Waals surface area contributed by atoms with Crippen molar-refractivity contribution in [1.29, 1.82) is 0 Å². The maximum atomic E-state index is 13.1. The molecule has 0 saturated carbocycles. The number of hydrogen-bond donors (Lipinski definition) is 1. The zero-order valence-corrected chi connectivity index (χ0v) is 16.9. The van der Waals surface area contributed by atoms with E-state index in [1.54, 1.807) is 49.4 Å². The molecule has 1 N–H and O–H groups in total. The van der Waals surface area contributed by atoms with Crippen LogP contribution in [0.5, 0.6) is 11.5 Å². The lowest BCUT2D eigenvalue weighted by atomic mass is 10.1. The molecule has 0 aliphatic heterocycles. The number of fused-ring (bicyclic) bond motifs is 1. The predicted molar refractivity (Wildman–Crippen MR) is 118 cm³/mol. The molecule has 3 aromatic carbocycles. The number of nitrogens with zero attached hydrogens (tertiary/aromatic N) is 2. The van der Waals surface area contributed by atoms with Crippen molar-refractivity contribution in [1.82, 2.24) is 9.78 Å². The second-order valence-electron chi connectivity index (χ2n) is 6.52. The molecule has 0 unspecified atom stereocenters. The van der Waals surface area contributed by atoms with Crippen LogP contribution in [0, 0.1) is 0 Å². The van der Waals surface area contributed by atoms with Gasteiger partial charge in [-0.3, -0.25) is 9.59 Å². The number of amides is 1. The summed E-state index contributed by atoms with van der Waals surface area (Å²) in [7, 11) is 0. The van der Waals surface area contributed by atoms with Gasteiger partial charge in [-0.15, -0.1) is 0 Å². The number of benzene rings is 3. The fraction of sp³-hybridized carbons (Fsp3) is 0.0870. The lowest BCUT2D eigenvalue weighted by Gasteiger charge is -2.14. The van der Waals surface area contributed by atoms with E-state index in [1.165, 1.54) is 4.68 Å². The van der Waals surface area contributed by atoms with E-state index in [2.05, 4.69) is 10.4 Å². The minimum atomic E-state index is -0.464. The van der Waals surface area contributed by atoms with Crippen LogP contribution in [0.3, 0.4) is 0 Å². The lowest BCUT2D eigenvalue weighted by molar-refractivity contribution is 0.102. The first kappa shape index (κ1) is 19.7. The zero-order valence-electron chi connectivity index (χ0n) is 16.1. The van der Waals surface area contributed by atoms with Crippen molar-refractivity contribution in [2.24, 2.45) is 0 Å². The highest BCUT2D eigenvalue weighted by Gasteiger charge is 2.18. The zero-order chi connectivity index (χ0) is 21.1. The van der Waals surface area contributed by atoms with Gasteiger partial charge in [-0.05, 0) is 43.3 Å². The first-order chi connectivity index (χ1) is 14.6. The average molecular weight is 420 g/mol. The van der Waals surface area contributed by atoms with Crippen LogP contribution >= 0.6 is 11.6 Å². The highest BCUT2D eigenvalue weighted by atomic mass is 35.5. The number of ether oxygens (including phenoxy) is 1. The van der Waals surface area contributed by atoms with E-state index in [9.17, 15) is 9.59 Å². The standard InChI is InChI=1S/C23H18ClN3O3/c1-2-27-23(29)18-11-7-6-10-17(18)21(26-27)22(28)25-19-14-15(24)12-13-20(19)30-16-8-4-3-5-9-16/h3-14H,2H2,1H3,(H,25,28). The molecule has 0 atom stereocenters. The summed E-state index contributed by atoms with van der Waals surface area (Å²) in [5.41, 5.74) is 0.315. The molecule has 4 aromatic rings. The quantitative estimate of drug-likeness (QED) is 0.487. The molecule has 1 aromatic heterocycles. The number of nitrogens with one attached hydrogen (secondary N) is 1. The fourth-order valence-electron chi connectivity index (χ4n) is 3.10. The third-order valence-electron chi connectivity index (χ3n) is 4.54. The van der Waals surface area contributed by atoms with Crippen LogP contribution in [-0.4, -0.2) is 15.7 Å². The first-order valence-corrected chi connectivity index (χ1v) is 9.78. The van der Waals surface area contributed by atoms with E-state index in [1.807, 2.05) is 30.3 Å². The molecule has 4 rings (SSSR count). The number of rotatable bonds is 5. The summed E-state index contributed by atoms with van der Waals surface area (Å²) in [6, 6.07) is 21.1. The Morgan fingerprint density at radius 2 is 1.73 bits per heavy atom. The highest BCUT2D eigenvalue weighted by molar-refractivity contribution is 6.31. The SMILES string of the molecule is CCn1nc(C(=O)Nc2cc(Cl)ccc2Oc2ccccc2)c2ccccc2c1=O. The number of hydrogen-bond acceptors (Lipinski definition) is 4. The molecule has 7 heteroatoms. The van der Waals surface area contributed by atoms with Gasteiger partial charge in [0.05, 0.1) is 11.1 Å². The summed E-state index contributed by atoms with van der Waals surface area (Å²) in [6.45, 7) is 2.15. The number of carbonyl (C=O) groups excluding carboxylic acids is 1. The summed E-state index contributed by atoms with van der Waals surface area (Å²) in [6.07, 6.45) is 0. The van der Waals surface area contributed by atoms with E-state index in [4.69, 9.17) is 16.3 Å². The lowest BCUT2D eigenvalue weighted by Crippen LogP contribution is -2.27. The number of anilines is 1. The number of aromatic nitrogens is 2. The normalized spacial score (nSPS) is 10.7. The van der Waals surface area contributed by atoms with Gasteiger partial charge in [0.25, 0.3) is 11.5 Å². The van der Waals surface area contributed by atoms with Gasteiger partial charge in [-0.25, -0.2) is 4.68 Å². The number of halogens is 1. The van der Waals surface area contributed by atoms with Crippen molar-refractivity contribution in [2.75, 3.05) is 5.32 Å². The van der Waals surface area contributed by atoms with Gasteiger partial charge in [-0.2, -0.15) is 5.10 Å². The Labute approximate surface area is 177 Å². The Hall–Kier alpha value is -3.64. The molecule has 0 saturated heterocycles. The Bertz CT molecular complexity index is 1290. The van der Waals surface area contributed by atoms with E-state index >= 15 is 0 Å². The van der Waals surface area contributed by atoms with E-state index in [-0.39, 0.29) is 11.3 Å². The minimum Gasteiger partial charge on any atom is -0.455 e. The smallest absolute Gasteiger partial charge is 0.276 e. The summed E-state index contributed by atoms with van der Waals surface area (Å²) in [5, 5.41) is 8.46. The predicted octanol–water partition coefficient (Wildman–Crippen LogP) is 5.11. The van der Waals surface area contributed by atoms with E-state index in [0.29, 0.717) is 39.5 Å². The fourth-order valence-corrected chi connectivity index (χ4v) is 3.28. The van der Waals surface area contributed by atoms with Crippen LogP contribution in [0.15, 0.2) is 77.6 Å². The molecule has 1 amide bonds. The van der Waals surface area contributed by atoms with Crippen LogP contribution in [-0.2, 0) is 6.54 Å². The molecule has 0 spiro atoms. The molecule has 0 bridgehead atoms. The average Bonchev–Trinajstić information content (AvgIpc) is 2.77. The molecular formula is C23H18ClN3O3. The molecule has 6 nitrogen and oxygen atoms in total. The second-order valence-corrected chi connectivity index (χ2v) is 6.96. The maximum absolute atomic E-state index is 13.1. The van der Waals surface area contributed by atoms with Gasteiger partial charge in [0, 0.05) is 17.0 Å². The van der Waals surface area contributed by atoms with Crippen molar-refractivity contribution >= 4 is 34.0 Å². The van der Waals surface area contributed by atoms with Crippen molar-refractivity contribution < 1.29 is 9.53 Å². The highest BCUT2D eigenvalue weighted by Crippen LogP contribution is 2.32. The monoisotopic (exact) mass is 419 g/mol. The minimum absolute atomic E-state index is 0.151. The molecule has 30 heavy (non-hydrogen) atoms. The Morgan fingerprint density at radius 3 is 2.47 bits per heavy atom. The molecule has 0 fully saturated rings. The summed E-state index contributed by atoms with van der Waals surface area (Å²) in [4.78, 5) is 25.7. The Balaban J connectivity index is 1.74. The van der Waals surface area contributed by atoms with E-state index < -0.39 is 5.91 Å². The Morgan fingerprint density at radius 1 is 1.03 bits per heavy atom. The van der Waals surface area contributed by atoms with Crippen molar-refractivity contribution in [3.8, 4) is 11.5 Å². The topological polar surface area (TPSA) is 73.2 Å². The number of para-hydroxylation sites is 1. The molecule has 0 radical (unpaired) electrons. The molecule has 1 heterocycles. The van der Waals surface area contributed by atoms with Gasteiger partial charge in [0.1, 0.15) is 5.75 Å². The van der Waals surface area contributed by atoms with Gasteiger partial charge < -0.3 is 10.1 Å². The van der Waals surface area contributed by atoms with Crippen LogP contribution in [0.1, 0.15) is 17.4 Å². The van der Waals surface area contributed by atoms with Crippen LogP contribution in [0.2, 0.25) is 5.02 Å². The molecule has 0 aliphatic rings. The van der Waals surface area contributed by atoms with Crippen LogP contribution in [0.4, 0.5) is 5.69 Å². The van der Waals surface area contributed by atoms with Gasteiger partial charge in [0.2, 0.25) is 0 Å². The van der Waals surface area contributed by atoms with Gasteiger partial charge >= 0.3 is 0 Å². The molecule has 0 aliphatic carbocycles. The summed E-state index contributed by atoms with van der Waals surface area (Å²) < 4.78 is 7.18.